The number of nitrogens with one attached hydrogen (secondary N) is 1. The van der Waals surface area contributed by atoms with Crippen LogP contribution in [0.2, 0.25) is 5.02 Å². The number of hydrogen-bond donors (Lipinski definition) is 1. The van der Waals surface area contributed by atoms with Crippen LogP contribution in [0.1, 0.15) is 16.7 Å². The van der Waals surface area contributed by atoms with Crippen molar-refractivity contribution in [3.8, 4) is 5.75 Å². The molecular weight excluding hydrogens is 405 g/mol. The molecule has 0 radical (unpaired) electrons. The van der Waals surface area contributed by atoms with Crippen LogP contribution in [0.15, 0.2) is 36.4 Å². The molecule has 5 nitrogen and oxygen atoms in total. The number of hydrogen-bond acceptors (Lipinski definition) is 4. The maximum absolute atomic E-state index is 14.3. The zero-order chi connectivity index (χ0) is 21.3. The number of piperazine rings is 1. The van der Waals surface area contributed by atoms with E-state index in [0.717, 1.165) is 26.2 Å². The Morgan fingerprint density at radius 2 is 1.87 bits per heavy atom. The number of nitrogens with zero attached hydrogens (tertiary/aromatic N) is 2. The summed E-state index contributed by atoms with van der Waals surface area (Å²) in [6.07, 6.45) is 1.38. The second-order valence-corrected chi connectivity index (χ2v) is 8.57. The van der Waals surface area contributed by atoms with Crippen molar-refractivity contribution in [3.63, 3.8) is 0 Å². The molecule has 2 aromatic rings. The lowest BCUT2D eigenvalue weighted by molar-refractivity contribution is -0.144. The summed E-state index contributed by atoms with van der Waals surface area (Å²) in [5.74, 6) is -0.348. The van der Waals surface area contributed by atoms with Crippen LogP contribution in [0.3, 0.4) is 0 Å². The minimum Gasteiger partial charge on any atom is -0.493 e. The first-order valence-corrected chi connectivity index (χ1v) is 10.6. The van der Waals surface area contributed by atoms with E-state index < -0.39 is 11.4 Å². The first-order chi connectivity index (χ1) is 14.4. The van der Waals surface area contributed by atoms with Gasteiger partial charge in [-0.2, -0.15) is 0 Å². The molecule has 1 fully saturated rings. The molecule has 1 heterocycles. The van der Waals surface area contributed by atoms with E-state index in [4.69, 9.17) is 16.3 Å². The molecular formula is C23H27ClFN3O2. The van der Waals surface area contributed by atoms with E-state index in [-0.39, 0.29) is 23.2 Å². The maximum Gasteiger partial charge on any atom is 0.243 e. The van der Waals surface area contributed by atoms with Crippen LogP contribution >= 0.6 is 11.6 Å². The highest BCUT2D eigenvalue weighted by Gasteiger charge is 2.49. The summed E-state index contributed by atoms with van der Waals surface area (Å²) >= 11 is 6.07. The van der Waals surface area contributed by atoms with Gasteiger partial charge in [0.2, 0.25) is 5.91 Å². The quantitative estimate of drug-likeness (QED) is 0.790. The van der Waals surface area contributed by atoms with E-state index in [9.17, 15) is 9.18 Å². The predicted molar refractivity (Wildman–Crippen MR) is 115 cm³/mol. The molecule has 0 spiro atoms. The Morgan fingerprint density at radius 3 is 2.47 bits per heavy atom. The van der Waals surface area contributed by atoms with Gasteiger partial charge in [-0.3, -0.25) is 9.69 Å². The van der Waals surface area contributed by atoms with E-state index in [0.29, 0.717) is 18.4 Å². The fraction of sp³-hybridized carbons (Fsp3) is 0.435. The molecule has 0 unspecified atom stereocenters. The van der Waals surface area contributed by atoms with Gasteiger partial charge in [0.15, 0.2) is 11.6 Å². The Hall–Kier alpha value is -2.15. The summed E-state index contributed by atoms with van der Waals surface area (Å²) in [6.45, 7) is 3.60. The van der Waals surface area contributed by atoms with Gasteiger partial charge in [-0.25, -0.2) is 4.39 Å². The second-order valence-electron chi connectivity index (χ2n) is 8.13. The van der Waals surface area contributed by atoms with Crippen molar-refractivity contribution in [3.05, 3.63) is 63.9 Å². The van der Waals surface area contributed by atoms with E-state index >= 15 is 0 Å². The molecule has 30 heavy (non-hydrogen) atoms. The molecule has 4 rings (SSSR count). The predicted octanol–water partition coefficient (Wildman–Crippen LogP) is 2.89. The van der Waals surface area contributed by atoms with Crippen LogP contribution in [0.4, 0.5) is 4.39 Å². The van der Waals surface area contributed by atoms with Gasteiger partial charge in [0.1, 0.15) is 5.54 Å². The Labute approximate surface area is 181 Å². The molecule has 2 aliphatic rings. The van der Waals surface area contributed by atoms with Crippen LogP contribution < -0.4 is 10.1 Å². The zero-order valence-corrected chi connectivity index (χ0v) is 18.1. The van der Waals surface area contributed by atoms with Crippen molar-refractivity contribution >= 4 is 17.5 Å². The highest BCUT2D eigenvalue weighted by Crippen LogP contribution is 2.37. The number of carbonyl (C=O) groups excluding carboxylic acids is 1. The molecule has 1 saturated heterocycles. The minimum atomic E-state index is -0.620. The van der Waals surface area contributed by atoms with Gasteiger partial charge in [-0.05, 0) is 23.3 Å². The summed E-state index contributed by atoms with van der Waals surface area (Å²) in [6, 6.07) is 11.2. The molecule has 0 atom stereocenters. The molecule has 7 heteroatoms. The van der Waals surface area contributed by atoms with E-state index in [1.807, 2.05) is 12.1 Å². The normalized spacial score (nSPS) is 18.1. The maximum atomic E-state index is 14.3. The molecule has 1 aliphatic carbocycles. The third-order valence-corrected chi connectivity index (χ3v) is 6.47. The largest absolute Gasteiger partial charge is 0.493 e. The van der Waals surface area contributed by atoms with E-state index in [1.54, 1.807) is 18.0 Å². The summed E-state index contributed by atoms with van der Waals surface area (Å²) in [4.78, 5) is 17.9. The first kappa shape index (κ1) is 21.1. The third kappa shape index (κ3) is 3.80. The molecule has 2 aromatic carbocycles. The summed E-state index contributed by atoms with van der Waals surface area (Å²) in [7, 11) is 3.20. The van der Waals surface area contributed by atoms with Crippen molar-refractivity contribution < 1.29 is 13.9 Å². The van der Waals surface area contributed by atoms with Crippen LogP contribution in [-0.4, -0.2) is 61.6 Å². The number of benzene rings is 2. The lowest BCUT2D eigenvalue weighted by Crippen LogP contribution is -2.63. The monoisotopic (exact) mass is 431 g/mol. The Balaban J connectivity index is 1.64. The van der Waals surface area contributed by atoms with Crippen molar-refractivity contribution in [1.82, 2.24) is 15.1 Å². The smallest absolute Gasteiger partial charge is 0.243 e. The minimum absolute atomic E-state index is 0.0445. The summed E-state index contributed by atoms with van der Waals surface area (Å²) in [5, 5.41) is 3.66. The summed E-state index contributed by atoms with van der Waals surface area (Å²) in [5.41, 5.74) is 2.39. The first-order valence-electron chi connectivity index (χ1n) is 10.2. The average molecular weight is 432 g/mol. The number of methoxy groups -OCH3 is 1. The van der Waals surface area contributed by atoms with Crippen LogP contribution in [-0.2, 0) is 24.2 Å². The Morgan fingerprint density at radius 1 is 1.23 bits per heavy atom. The number of rotatable bonds is 5. The Bertz CT molecular complexity index is 921. The molecule has 1 aliphatic heterocycles. The molecule has 0 aromatic heterocycles. The lowest BCUT2D eigenvalue weighted by atomic mass is 9.90. The molecule has 160 valence electrons. The number of ether oxygens (including phenoxy) is 1. The zero-order valence-electron chi connectivity index (χ0n) is 17.4. The third-order valence-electron chi connectivity index (χ3n) is 6.25. The van der Waals surface area contributed by atoms with Gasteiger partial charge in [0.25, 0.3) is 0 Å². The summed E-state index contributed by atoms with van der Waals surface area (Å²) < 4.78 is 19.5. The van der Waals surface area contributed by atoms with Crippen LogP contribution in [0, 0.1) is 5.82 Å². The highest BCUT2D eigenvalue weighted by atomic mass is 35.5. The number of halogens is 2. The molecule has 1 amide bonds. The van der Waals surface area contributed by atoms with Gasteiger partial charge in [-0.1, -0.05) is 35.9 Å². The number of amides is 1. The van der Waals surface area contributed by atoms with Crippen molar-refractivity contribution in [1.29, 1.82) is 0 Å². The molecule has 1 N–H and O–H groups in total. The fourth-order valence-corrected chi connectivity index (χ4v) is 5.07. The number of likely N-dealkylation sites (N-methyl/N-ethyl adjacent to an activating group) is 1. The van der Waals surface area contributed by atoms with Gasteiger partial charge in [0, 0.05) is 63.2 Å². The van der Waals surface area contributed by atoms with Crippen molar-refractivity contribution in [2.24, 2.45) is 0 Å². The highest BCUT2D eigenvalue weighted by molar-refractivity contribution is 6.30. The molecule has 0 bridgehead atoms. The van der Waals surface area contributed by atoms with Crippen molar-refractivity contribution in [2.45, 2.75) is 24.9 Å². The standard InChI is InChI=1S/C23H27ClFN3O2/c1-27(15-18-11-19(24)12-20(25)21(18)30-2)22(29)23(28-9-7-26-8-10-28)13-16-5-3-4-6-17(16)14-23/h3-6,11-12,26H,7-10,13-15H2,1-2H3. The van der Waals surface area contributed by atoms with Gasteiger partial charge in [0.05, 0.1) is 7.11 Å². The lowest BCUT2D eigenvalue weighted by Gasteiger charge is -2.44. The van der Waals surface area contributed by atoms with Crippen LogP contribution in [0.25, 0.3) is 0 Å². The van der Waals surface area contributed by atoms with E-state index in [1.165, 1.54) is 24.3 Å². The second kappa shape index (κ2) is 8.53. The van der Waals surface area contributed by atoms with Crippen LogP contribution in [0.5, 0.6) is 5.75 Å². The Kier molecular flexibility index (Phi) is 6.00. The van der Waals surface area contributed by atoms with Gasteiger partial charge in [-0.15, -0.1) is 0 Å². The number of fused-ring (bicyclic) bond motifs is 1. The fourth-order valence-electron chi connectivity index (χ4n) is 4.84. The van der Waals surface area contributed by atoms with E-state index in [2.05, 4.69) is 22.3 Å². The van der Waals surface area contributed by atoms with Crippen molar-refractivity contribution in [2.75, 3.05) is 40.3 Å². The van der Waals surface area contributed by atoms with Gasteiger partial charge < -0.3 is 15.0 Å². The molecule has 0 saturated carbocycles. The SMILES string of the molecule is COc1c(F)cc(Cl)cc1CN(C)C(=O)C1(N2CCNCC2)Cc2ccccc2C1. The average Bonchev–Trinajstić information content (AvgIpc) is 3.14. The number of carbonyl (C=O) groups is 1. The topological polar surface area (TPSA) is 44.8 Å². The van der Waals surface area contributed by atoms with Gasteiger partial charge >= 0.3 is 0 Å².